The van der Waals surface area contributed by atoms with E-state index < -0.39 is 14.8 Å². The van der Waals surface area contributed by atoms with Crippen molar-refractivity contribution in [3.8, 4) is 0 Å². The molecule has 0 radical (unpaired) electrons. The highest BCUT2D eigenvalue weighted by Gasteiger charge is 2.22. The van der Waals surface area contributed by atoms with Gasteiger partial charge in [0.15, 0.2) is 9.84 Å². The monoisotopic (exact) mass is 285 g/mol. The normalized spacial score (nSPS) is 19.2. The van der Waals surface area contributed by atoms with Crippen molar-refractivity contribution in [1.82, 2.24) is 4.90 Å². The Kier molecular flexibility index (Phi) is 3.72. The molecule has 2 rings (SSSR count). The van der Waals surface area contributed by atoms with Crippen molar-refractivity contribution in [3.05, 3.63) is 33.9 Å². The maximum atomic E-state index is 11.3. The highest BCUT2D eigenvalue weighted by molar-refractivity contribution is 7.91. The SMILES string of the molecule is Nc1ccc([N+](=O)[O-])cc1CN1CCS(=O)(=O)CC1. The molecule has 1 aliphatic heterocycles. The van der Waals surface area contributed by atoms with E-state index in [1.54, 1.807) is 0 Å². The van der Waals surface area contributed by atoms with Crippen molar-refractivity contribution < 1.29 is 13.3 Å². The van der Waals surface area contributed by atoms with Gasteiger partial charge in [0.2, 0.25) is 0 Å². The lowest BCUT2D eigenvalue weighted by Gasteiger charge is -2.26. The van der Waals surface area contributed by atoms with E-state index in [2.05, 4.69) is 0 Å². The Balaban J connectivity index is 2.11. The zero-order chi connectivity index (χ0) is 14.0. The quantitative estimate of drug-likeness (QED) is 0.489. The molecule has 7 nitrogen and oxygen atoms in total. The lowest BCUT2D eigenvalue weighted by atomic mass is 10.1. The number of nitro groups is 1. The lowest BCUT2D eigenvalue weighted by Crippen LogP contribution is -2.39. The second-order valence-electron chi connectivity index (χ2n) is 4.57. The van der Waals surface area contributed by atoms with E-state index in [0.29, 0.717) is 30.9 Å². The molecule has 0 atom stereocenters. The predicted molar refractivity (Wildman–Crippen MR) is 71.4 cm³/mol. The first kappa shape index (κ1) is 13.8. The number of nitrogens with two attached hydrogens (primary N) is 1. The molecular weight excluding hydrogens is 270 g/mol. The van der Waals surface area contributed by atoms with Crippen molar-refractivity contribution >= 4 is 21.2 Å². The molecule has 1 aromatic carbocycles. The van der Waals surface area contributed by atoms with Crippen LogP contribution in [0.5, 0.6) is 0 Å². The molecule has 1 aliphatic rings. The van der Waals surface area contributed by atoms with Crippen LogP contribution in [0.15, 0.2) is 18.2 Å². The summed E-state index contributed by atoms with van der Waals surface area (Å²) < 4.78 is 22.6. The Labute approximate surface area is 111 Å². The Morgan fingerprint density at radius 2 is 1.95 bits per heavy atom. The summed E-state index contributed by atoms with van der Waals surface area (Å²) in [5.74, 6) is 0.254. The summed E-state index contributed by atoms with van der Waals surface area (Å²) in [6, 6.07) is 4.31. The molecule has 1 fully saturated rings. The second kappa shape index (κ2) is 5.14. The fourth-order valence-corrected chi connectivity index (χ4v) is 3.27. The fraction of sp³-hybridized carbons (Fsp3) is 0.455. The van der Waals surface area contributed by atoms with Crippen molar-refractivity contribution in [1.29, 1.82) is 0 Å². The summed E-state index contributed by atoms with van der Waals surface area (Å²) >= 11 is 0. The predicted octanol–water partition coefficient (Wildman–Crippen LogP) is 0.407. The molecule has 0 saturated carbocycles. The van der Waals surface area contributed by atoms with Gasteiger partial charge in [-0.05, 0) is 11.6 Å². The smallest absolute Gasteiger partial charge is 0.269 e. The van der Waals surface area contributed by atoms with Gasteiger partial charge in [0, 0.05) is 37.5 Å². The van der Waals surface area contributed by atoms with Gasteiger partial charge >= 0.3 is 0 Å². The van der Waals surface area contributed by atoms with Crippen LogP contribution < -0.4 is 5.73 Å². The maximum Gasteiger partial charge on any atom is 0.269 e. The van der Waals surface area contributed by atoms with E-state index >= 15 is 0 Å². The highest BCUT2D eigenvalue weighted by Crippen LogP contribution is 2.21. The van der Waals surface area contributed by atoms with Gasteiger partial charge in [-0.3, -0.25) is 15.0 Å². The topological polar surface area (TPSA) is 107 Å². The van der Waals surface area contributed by atoms with Crippen LogP contribution in [0.3, 0.4) is 0 Å². The van der Waals surface area contributed by atoms with Crippen LogP contribution in [0.4, 0.5) is 11.4 Å². The average molecular weight is 285 g/mol. The summed E-state index contributed by atoms with van der Waals surface area (Å²) in [5.41, 5.74) is 6.93. The van der Waals surface area contributed by atoms with E-state index in [0.717, 1.165) is 0 Å². The average Bonchev–Trinajstić information content (AvgIpc) is 2.34. The van der Waals surface area contributed by atoms with Gasteiger partial charge in [-0.15, -0.1) is 0 Å². The third-order valence-electron chi connectivity index (χ3n) is 3.17. The molecule has 1 saturated heterocycles. The molecule has 0 aliphatic carbocycles. The van der Waals surface area contributed by atoms with Crippen molar-refractivity contribution in [2.45, 2.75) is 6.54 Å². The minimum Gasteiger partial charge on any atom is -0.398 e. The Morgan fingerprint density at radius 3 is 2.53 bits per heavy atom. The highest BCUT2D eigenvalue weighted by atomic mass is 32.2. The number of hydrogen-bond donors (Lipinski definition) is 1. The number of rotatable bonds is 3. The first-order chi connectivity index (χ1) is 8.87. The van der Waals surface area contributed by atoms with Gasteiger partial charge in [0.1, 0.15) is 0 Å². The van der Waals surface area contributed by atoms with Crippen LogP contribution in [0.2, 0.25) is 0 Å². The minimum absolute atomic E-state index is 0.00571. The minimum atomic E-state index is -2.92. The first-order valence-corrected chi connectivity index (χ1v) is 7.65. The van der Waals surface area contributed by atoms with Gasteiger partial charge < -0.3 is 5.73 Å². The van der Waals surface area contributed by atoms with E-state index in [1.807, 2.05) is 4.90 Å². The number of hydrogen-bond acceptors (Lipinski definition) is 6. The maximum absolute atomic E-state index is 11.3. The molecule has 1 heterocycles. The van der Waals surface area contributed by atoms with Crippen LogP contribution in [0, 0.1) is 10.1 Å². The van der Waals surface area contributed by atoms with Crippen LogP contribution in [0.25, 0.3) is 0 Å². The van der Waals surface area contributed by atoms with E-state index in [1.165, 1.54) is 18.2 Å². The van der Waals surface area contributed by atoms with Gasteiger partial charge in [0.25, 0.3) is 5.69 Å². The molecule has 19 heavy (non-hydrogen) atoms. The summed E-state index contributed by atoms with van der Waals surface area (Å²) in [6.45, 7) is 1.30. The van der Waals surface area contributed by atoms with Crippen LogP contribution in [-0.2, 0) is 16.4 Å². The van der Waals surface area contributed by atoms with Crippen LogP contribution >= 0.6 is 0 Å². The second-order valence-corrected chi connectivity index (χ2v) is 6.87. The van der Waals surface area contributed by atoms with Crippen molar-refractivity contribution in [2.75, 3.05) is 30.3 Å². The van der Waals surface area contributed by atoms with Crippen LogP contribution in [-0.4, -0.2) is 42.8 Å². The Bertz CT molecular complexity index is 586. The summed E-state index contributed by atoms with van der Waals surface area (Å²) in [5, 5.41) is 10.7. The van der Waals surface area contributed by atoms with E-state index in [4.69, 9.17) is 5.73 Å². The van der Waals surface area contributed by atoms with E-state index in [-0.39, 0.29) is 17.2 Å². The molecule has 1 aromatic rings. The summed E-state index contributed by atoms with van der Waals surface area (Å²) in [4.78, 5) is 12.2. The molecule has 0 aromatic heterocycles. The number of non-ortho nitro benzene ring substituents is 1. The van der Waals surface area contributed by atoms with Gasteiger partial charge in [0.05, 0.1) is 16.4 Å². The zero-order valence-electron chi connectivity index (χ0n) is 10.3. The number of anilines is 1. The lowest BCUT2D eigenvalue weighted by molar-refractivity contribution is -0.384. The number of sulfone groups is 1. The Hall–Kier alpha value is -1.67. The number of benzene rings is 1. The molecule has 0 amide bonds. The third kappa shape index (κ3) is 3.42. The van der Waals surface area contributed by atoms with Gasteiger partial charge in [-0.2, -0.15) is 0 Å². The molecule has 8 heteroatoms. The summed E-state index contributed by atoms with van der Waals surface area (Å²) in [6.07, 6.45) is 0. The van der Waals surface area contributed by atoms with Gasteiger partial charge in [-0.1, -0.05) is 0 Å². The van der Waals surface area contributed by atoms with E-state index in [9.17, 15) is 18.5 Å². The molecular formula is C11H15N3O4S. The third-order valence-corrected chi connectivity index (χ3v) is 4.78. The Morgan fingerprint density at radius 1 is 1.32 bits per heavy atom. The number of nitro benzene ring substituents is 1. The zero-order valence-corrected chi connectivity index (χ0v) is 11.1. The van der Waals surface area contributed by atoms with Crippen molar-refractivity contribution in [3.63, 3.8) is 0 Å². The molecule has 104 valence electrons. The van der Waals surface area contributed by atoms with Crippen molar-refractivity contribution in [2.24, 2.45) is 0 Å². The standard InChI is InChI=1S/C11H15N3O4S/c12-11-2-1-10(14(15)16)7-9(11)8-13-3-5-19(17,18)6-4-13/h1-2,7H,3-6,8,12H2. The fourth-order valence-electron chi connectivity index (χ4n) is 1.99. The van der Waals surface area contributed by atoms with Gasteiger partial charge in [-0.25, -0.2) is 8.42 Å². The molecule has 0 spiro atoms. The number of nitrogens with zero attached hydrogens (tertiary/aromatic N) is 2. The first-order valence-electron chi connectivity index (χ1n) is 5.83. The molecule has 2 N–H and O–H groups in total. The molecule has 0 bridgehead atoms. The van der Waals surface area contributed by atoms with Crippen LogP contribution in [0.1, 0.15) is 5.56 Å². The largest absolute Gasteiger partial charge is 0.398 e. The summed E-state index contributed by atoms with van der Waals surface area (Å²) in [7, 11) is -2.92. The molecule has 0 unspecified atom stereocenters. The number of nitrogen functional groups attached to an aromatic ring is 1.